The molecule has 1 saturated heterocycles. The number of sulfonamides is 1. The molecule has 0 unspecified atom stereocenters. The number of anilines is 1. The molecule has 0 radical (unpaired) electrons. The van der Waals surface area contributed by atoms with Gasteiger partial charge in [0.05, 0.1) is 18.1 Å². The molecule has 0 spiro atoms. The van der Waals surface area contributed by atoms with Crippen LogP contribution in [0.3, 0.4) is 0 Å². The molecule has 5 rings (SSSR count). The van der Waals surface area contributed by atoms with Crippen molar-refractivity contribution in [2.24, 2.45) is 0 Å². The first-order valence-electron chi connectivity index (χ1n) is 12.7. The normalized spacial score (nSPS) is 17.8. The summed E-state index contributed by atoms with van der Waals surface area (Å²) in [7, 11) is -3.76. The van der Waals surface area contributed by atoms with Crippen LogP contribution in [0.2, 0.25) is 0 Å². The molecule has 2 aliphatic rings. The molecular weight excluding hydrogens is 484 g/mol. The quantitative estimate of drug-likeness (QED) is 0.404. The summed E-state index contributed by atoms with van der Waals surface area (Å²) in [6.07, 6.45) is 4.90. The summed E-state index contributed by atoms with van der Waals surface area (Å²) in [6.45, 7) is 4.76. The maximum absolute atomic E-state index is 13.0. The molecule has 1 aliphatic carbocycles. The van der Waals surface area contributed by atoms with Crippen LogP contribution in [-0.4, -0.2) is 44.7 Å². The van der Waals surface area contributed by atoms with Crippen LogP contribution >= 0.6 is 0 Å². The van der Waals surface area contributed by atoms with Gasteiger partial charge in [-0.05, 0) is 79.3 Å². The van der Waals surface area contributed by atoms with Gasteiger partial charge in [0.25, 0.3) is 10.0 Å². The molecule has 6 nitrogen and oxygen atoms in total. The molecule has 7 heteroatoms. The van der Waals surface area contributed by atoms with Crippen molar-refractivity contribution in [1.29, 1.82) is 0 Å². The Morgan fingerprint density at radius 1 is 0.946 bits per heavy atom. The van der Waals surface area contributed by atoms with Crippen molar-refractivity contribution in [3.05, 3.63) is 101 Å². The predicted molar refractivity (Wildman–Crippen MR) is 148 cm³/mol. The fourth-order valence-corrected chi connectivity index (χ4v) is 6.04. The van der Waals surface area contributed by atoms with Crippen LogP contribution in [0, 0.1) is 6.92 Å². The minimum atomic E-state index is -3.76. The third kappa shape index (κ3) is 5.73. The first kappa shape index (κ1) is 25.1. The van der Waals surface area contributed by atoms with Crippen LogP contribution in [0.25, 0.3) is 11.6 Å². The number of nitrogens with one attached hydrogen (secondary N) is 1. The number of morpholine rings is 1. The van der Waals surface area contributed by atoms with Crippen LogP contribution in [-0.2, 0) is 14.8 Å². The highest BCUT2D eigenvalue weighted by molar-refractivity contribution is 7.92. The first-order valence-corrected chi connectivity index (χ1v) is 14.1. The van der Waals surface area contributed by atoms with Gasteiger partial charge in [0.1, 0.15) is 5.75 Å². The molecule has 1 fully saturated rings. The van der Waals surface area contributed by atoms with Gasteiger partial charge < -0.3 is 14.7 Å². The summed E-state index contributed by atoms with van der Waals surface area (Å²) in [5, 5.41) is 11.0. The van der Waals surface area contributed by atoms with Crippen molar-refractivity contribution in [2.75, 3.05) is 31.0 Å². The van der Waals surface area contributed by atoms with E-state index in [-0.39, 0.29) is 10.6 Å². The molecule has 37 heavy (non-hydrogen) atoms. The standard InChI is InChI=1S/C30H32N2O4S/c1-22-10-13-26(14-11-22)37(34,35)31-25-12-15-29(33)28(21-25)27-9-5-8-24(20-23-6-3-2-4-7-23)30(27)32-16-18-36-19-17-32/h2-4,6-7,10-15,20-21,31,33H,5,8-9,16-19H2,1H3/b24-20-. The molecule has 192 valence electrons. The Morgan fingerprint density at radius 3 is 2.41 bits per heavy atom. The number of rotatable bonds is 6. The summed E-state index contributed by atoms with van der Waals surface area (Å²) in [5.41, 5.74) is 6.57. The predicted octanol–water partition coefficient (Wildman–Crippen LogP) is 5.81. The number of aryl methyl sites for hydroxylation is 1. The summed E-state index contributed by atoms with van der Waals surface area (Å²) in [4.78, 5) is 2.54. The van der Waals surface area contributed by atoms with E-state index in [0.717, 1.165) is 54.7 Å². The van der Waals surface area contributed by atoms with Gasteiger partial charge in [-0.25, -0.2) is 8.42 Å². The van der Waals surface area contributed by atoms with E-state index in [1.807, 2.05) is 25.1 Å². The molecule has 0 aromatic heterocycles. The van der Waals surface area contributed by atoms with Crippen molar-refractivity contribution >= 4 is 27.4 Å². The van der Waals surface area contributed by atoms with Crippen LogP contribution in [0.15, 0.2) is 89.0 Å². The van der Waals surface area contributed by atoms with E-state index < -0.39 is 10.0 Å². The van der Waals surface area contributed by atoms with E-state index in [9.17, 15) is 13.5 Å². The average Bonchev–Trinajstić information content (AvgIpc) is 2.91. The van der Waals surface area contributed by atoms with Crippen molar-refractivity contribution in [2.45, 2.75) is 31.1 Å². The fraction of sp³-hybridized carbons (Fsp3) is 0.267. The summed E-state index contributed by atoms with van der Waals surface area (Å²) >= 11 is 0. The number of aromatic hydroxyl groups is 1. The van der Waals surface area contributed by atoms with Crippen LogP contribution in [0.5, 0.6) is 5.75 Å². The lowest BCUT2D eigenvalue weighted by Gasteiger charge is -2.37. The Morgan fingerprint density at radius 2 is 1.68 bits per heavy atom. The SMILES string of the molecule is Cc1ccc(S(=O)(=O)Nc2ccc(O)c(C3=C(N4CCOCC4)/C(=C\c4ccccc4)CCC3)c2)cc1. The van der Waals surface area contributed by atoms with E-state index in [0.29, 0.717) is 24.5 Å². The van der Waals surface area contributed by atoms with Crippen molar-refractivity contribution in [3.63, 3.8) is 0 Å². The first-order chi connectivity index (χ1) is 17.9. The van der Waals surface area contributed by atoms with E-state index in [4.69, 9.17) is 4.74 Å². The van der Waals surface area contributed by atoms with Gasteiger partial charge in [0.2, 0.25) is 0 Å². The summed E-state index contributed by atoms with van der Waals surface area (Å²) in [6, 6.07) is 21.9. The number of allylic oxidation sites excluding steroid dienone is 2. The zero-order valence-electron chi connectivity index (χ0n) is 21.0. The maximum atomic E-state index is 13.0. The number of hydrogen-bond acceptors (Lipinski definition) is 5. The second kappa shape index (κ2) is 10.8. The molecule has 1 heterocycles. The Balaban J connectivity index is 1.57. The zero-order chi connectivity index (χ0) is 25.8. The topological polar surface area (TPSA) is 78.9 Å². The molecule has 3 aromatic carbocycles. The Labute approximate surface area is 219 Å². The third-order valence-corrected chi connectivity index (χ3v) is 8.23. The molecular formula is C30H32N2O4S. The van der Waals surface area contributed by atoms with Crippen LogP contribution in [0.1, 0.15) is 36.0 Å². The number of hydrogen-bond donors (Lipinski definition) is 2. The van der Waals surface area contributed by atoms with Gasteiger partial charge in [-0.1, -0.05) is 48.0 Å². The van der Waals surface area contributed by atoms with Gasteiger partial charge in [0.15, 0.2) is 0 Å². The lowest BCUT2D eigenvalue weighted by Crippen LogP contribution is -2.37. The maximum Gasteiger partial charge on any atom is 0.261 e. The van der Waals surface area contributed by atoms with E-state index in [1.54, 1.807) is 42.5 Å². The molecule has 1 aliphatic heterocycles. The van der Waals surface area contributed by atoms with E-state index in [1.165, 1.54) is 5.57 Å². The zero-order valence-corrected chi connectivity index (χ0v) is 21.8. The van der Waals surface area contributed by atoms with Crippen molar-refractivity contribution < 1.29 is 18.3 Å². The largest absolute Gasteiger partial charge is 0.507 e. The smallest absolute Gasteiger partial charge is 0.261 e. The third-order valence-electron chi connectivity index (χ3n) is 6.84. The van der Waals surface area contributed by atoms with E-state index in [2.05, 4.69) is 27.8 Å². The Kier molecular flexibility index (Phi) is 7.35. The highest BCUT2D eigenvalue weighted by atomic mass is 32.2. The fourth-order valence-electron chi connectivity index (χ4n) is 4.99. The number of phenolic OH excluding ortho intramolecular Hbond substituents is 1. The molecule has 3 aromatic rings. The summed E-state index contributed by atoms with van der Waals surface area (Å²) in [5.74, 6) is 0.139. The van der Waals surface area contributed by atoms with Gasteiger partial charge in [-0.15, -0.1) is 0 Å². The monoisotopic (exact) mass is 516 g/mol. The van der Waals surface area contributed by atoms with Crippen molar-refractivity contribution in [3.8, 4) is 5.75 Å². The Hall–Kier alpha value is -3.55. The van der Waals surface area contributed by atoms with Gasteiger partial charge >= 0.3 is 0 Å². The van der Waals surface area contributed by atoms with E-state index >= 15 is 0 Å². The van der Waals surface area contributed by atoms with Crippen LogP contribution in [0.4, 0.5) is 5.69 Å². The minimum Gasteiger partial charge on any atom is -0.507 e. The highest BCUT2D eigenvalue weighted by Crippen LogP contribution is 2.42. The minimum absolute atomic E-state index is 0.139. The lowest BCUT2D eigenvalue weighted by molar-refractivity contribution is 0.0546. The van der Waals surface area contributed by atoms with Gasteiger partial charge in [-0.3, -0.25) is 4.72 Å². The number of phenols is 1. The molecule has 0 bridgehead atoms. The Bertz CT molecular complexity index is 1420. The second-order valence-electron chi connectivity index (χ2n) is 9.51. The van der Waals surface area contributed by atoms with Gasteiger partial charge in [0, 0.05) is 30.0 Å². The number of nitrogens with zero attached hydrogens (tertiary/aromatic N) is 1. The molecule has 0 saturated carbocycles. The van der Waals surface area contributed by atoms with Crippen molar-refractivity contribution in [1.82, 2.24) is 4.90 Å². The summed E-state index contributed by atoms with van der Waals surface area (Å²) < 4.78 is 34.4. The average molecular weight is 517 g/mol. The second-order valence-corrected chi connectivity index (χ2v) is 11.2. The van der Waals surface area contributed by atoms with Gasteiger partial charge in [-0.2, -0.15) is 0 Å². The highest BCUT2D eigenvalue weighted by Gasteiger charge is 2.27. The molecule has 0 amide bonds. The molecule has 0 atom stereocenters. The number of benzene rings is 3. The number of ether oxygens (including phenoxy) is 1. The molecule has 2 N–H and O–H groups in total. The van der Waals surface area contributed by atoms with Crippen LogP contribution < -0.4 is 4.72 Å². The lowest BCUT2D eigenvalue weighted by atomic mass is 9.85.